The van der Waals surface area contributed by atoms with Crippen molar-refractivity contribution in [3.63, 3.8) is 0 Å². The molecule has 1 unspecified atom stereocenters. The molecule has 0 bridgehead atoms. The van der Waals surface area contributed by atoms with Crippen molar-refractivity contribution >= 4 is 11.4 Å². The number of nitrogens with one attached hydrogen (secondary N) is 1. The highest BCUT2D eigenvalue weighted by Gasteiger charge is 2.11. The van der Waals surface area contributed by atoms with Gasteiger partial charge in [-0.1, -0.05) is 0 Å². The minimum absolute atomic E-state index is 0.239. The average Bonchev–Trinajstić information content (AvgIpc) is 3.03. The number of benzene rings is 1. The van der Waals surface area contributed by atoms with Crippen LogP contribution in [-0.2, 0) is 4.74 Å². The molecule has 4 nitrogen and oxygen atoms in total. The van der Waals surface area contributed by atoms with Crippen molar-refractivity contribution in [3.8, 4) is 0 Å². The van der Waals surface area contributed by atoms with Crippen molar-refractivity contribution in [2.24, 2.45) is 0 Å². The van der Waals surface area contributed by atoms with Crippen LogP contribution in [0.1, 0.15) is 18.5 Å². The standard InChI is InChI=1S/C16H20N2O2/c1-13(14-6-9-20-12-14)17-15-2-4-16(5-3-15)18-7-10-19-11-8-18/h2-6,9,12-13,17H,7-8,10-11H2,1H3. The Morgan fingerprint density at radius 3 is 2.50 bits per heavy atom. The molecule has 1 fully saturated rings. The molecule has 0 aliphatic carbocycles. The second-order valence-electron chi connectivity index (χ2n) is 5.07. The van der Waals surface area contributed by atoms with Gasteiger partial charge in [-0.15, -0.1) is 0 Å². The lowest BCUT2D eigenvalue weighted by Crippen LogP contribution is -2.36. The SMILES string of the molecule is CC(Nc1ccc(N2CCOCC2)cc1)c1ccoc1. The third-order valence-corrected chi connectivity index (χ3v) is 3.67. The van der Waals surface area contributed by atoms with E-state index in [1.165, 1.54) is 5.69 Å². The number of anilines is 2. The number of morpholine rings is 1. The lowest BCUT2D eigenvalue weighted by molar-refractivity contribution is 0.122. The van der Waals surface area contributed by atoms with Crippen molar-refractivity contribution in [2.75, 3.05) is 36.5 Å². The van der Waals surface area contributed by atoms with Crippen LogP contribution >= 0.6 is 0 Å². The van der Waals surface area contributed by atoms with Gasteiger partial charge in [0, 0.05) is 30.0 Å². The van der Waals surface area contributed by atoms with Gasteiger partial charge in [0.1, 0.15) is 0 Å². The molecule has 1 aromatic heterocycles. The molecule has 106 valence electrons. The largest absolute Gasteiger partial charge is 0.472 e. The molecule has 1 N–H and O–H groups in total. The Hall–Kier alpha value is -1.94. The van der Waals surface area contributed by atoms with Gasteiger partial charge in [-0.05, 0) is 37.3 Å². The van der Waals surface area contributed by atoms with E-state index in [0.29, 0.717) is 0 Å². The Kier molecular flexibility index (Phi) is 3.92. The molecule has 0 saturated carbocycles. The molecule has 1 aromatic carbocycles. The quantitative estimate of drug-likeness (QED) is 0.926. The van der Waals surface area contributed by atoms with E-state index in [9.17, 15) is 0 Å². The summed E-state index contributed by atoms with van der Waals surface area (Å²) in [6.07, 6.45) is 3.48. The maximum atomic E-state index is 5.38. The first-order valence-corrected chi connectivity index (χ1v) is 7.04. The Bertz CT molecular complexity index is 516. The zero-order chi connectivity index (χ0) is 13.8. The summed E-state index contributed by atoms with van der Waals surface area (Å²) in [5.41, 5.74) is 3.53. The van der Waals surface area contributed by atoms with Crippen molar-refractivity contribution < 1.29 is 9.15 Å². The van der Waals surface area contributed by atoms with Gasteiger partial charge in [-0.25, -0.2) is 0 Å². The Morgan fingerprint density at radius 1 is 1.10 bits per heavy atom. The first kappa shape index (κ1) is 13.1. The van der Waals surface area contributed by atoms with Crippen LogP contribution in [0.25, 0.3) is 0 Å². The summed E-state index contributed by atoms with van der Waals surface area (Å²) >= 11 is 0. The Labute approximate surface area is 119 Å². The zero-order valence-corrected chi connectivity index (χ0v) is 11.7. The fourth-order valence-corrected chi connectivity index (χ4v) is 2.44. The first-order chi connectivity index (χ1) is 9.83. The third-order valence-electron chi connectivity index (χ3n) is 3.67. The minimum Gasteiger partial charge on any atom is -0.472 e. The molecular weight excluding hydrogens is 252 g/mol. The van der Waals surface area contributed by atoms with Crippen LogP contribution in [0, 0.1) is 0 Å². The van der Waals surface area contributed by atoms with Crippen LogP contribution in [0.3, 0.4) is 0 Å². The fraction of sp³-hybridized carbons (Fsp3) is 0.375. The summed E-state index contributed by atoms with van der Waals surface area (Å²) in [4.78, 5) is 2.35. The van der Waals surface area contributed by atoms with Gasteiger partial charge in [0.15, 0.2) is 0 Å². The molecule has 1 atom stereocenters. The van der Waals surface area contributed by atoms with Gasteiger partial charge >= 0.3 is 0 Å². The van der Waals surface area contributed by atoms with E-state index in [1.807, 2.05) is 6.07 Å². The van der Waals surface area contributed by atoms with E-state index < -0.39 is 0 Å². The topological polar surface area (TPSA) is 37.6 Å². The summed E-state index contributed by atoms with van der Waals surface area (Å²) in [6, 6.07) is 10.8. The maximum Gasteiger partial charge on any atom is 0.0955 e. The van der Waals surface area contributed by atoms with Crippen molar-refractivity contribution in [2.45, 2.75) is 13.0 Å². The van der Waals surface area contributed by atoms with Gasteiger partial charge in [-0.3, -0.25) is 0 Å². The number of ether oxygens (including phenoxy) is 1. The molecule has 4 heteroatoms. The molecule has 20 heavy (non-hydrogen) atoms. The van der Waals surface area contributed by atoms with E-state index in [4.69, 9.17) is 9.15 Å². The Balaban J connectivity index is 1.63. The smallest absolute Gasteiger partial charge is 0.0955 e. The predicted molar refractivity (Wildman–Crippen MR) is 80.2 cm³/mol. The Morgan fingerprint density at radius 2 is 1.85 bits per heavy atom. The molecule has 1 saturated heterocycles. The predicted octanol–water partition coefficient (Wildman–Crippen LogP) is 3.29. The molecular formula is C16H20N2O2. The van der Waals surface area contributed by atoms with Crippen LogP contribution in [0.15, 0.2) is 47.3 Å². The number of furan rings is 1. The second kappa shape index (κ2) is 6.01. The van der Waals surface area contributed by atoms with E-state index in [1.54, 1.807) is 12.5 Å². The highest BCUT2D eigenvalue weighted by Crippen LogP contribution is 2.23. The lowest BCUT2D eigenvalue weighted by atomic mass is 10.1. The van der Waals surface area contributed by atoms with Gasteiger partial charge in [0.25, 0.3) is 0 Å². The average molecular weight is 272 g/mol. The van der Waals surface area contributed by atoms with E-state index in [2.05, 4.69) is 41.4 Å². The number of hydrogen-bond acceptors (Lipinski definition) is 4. The zero-order valence-electron chi connectivity index (χ0n) is 11.7. The molecule has 0 amide bonds. The van der Waals surface area contributed by atoms with Gasteiger partial charge < -0.3 is 19.4 Å². The fourth-order valence-electron chi connectivity index (χ4n) is 2.44. The summed E-state index contributed by atoms with van der Waals surface area (Å²) < 4.78 is 10.5. The number of rotatable bonds is 4. The van der Waals surface area contributed by atoms with Crippen molar-refractivity contribution in [1.29, 1.82) is 0 Å². The van der Waals surface area contributed by atoms with Gasteiger partial charge in [-0.2, -0.15) is 0 Å². The van der Waals surface area contributed by atoms with Gasteiger partial charge in [0.05, 0.1) is 31.8 Å². The molecule has 3 rings (SSSR count). The number of nitrogens with zero attached hydrogens (tertiary/aromatic N) is 1. The summed E-state index contributed by atoms with van der Waals surface area (Å²) in [5.74, 6) is 0. The molecule has 2 heterocycles. The molecule has 0 spiro atoms. The van der Waals surface area contributed by atoms with Crippen LogP contribution in [0.4, 0.5) is 11.4 Å². The lowest BCUT2D eigenvalue weighted by Gasteiger charge is -2.29. The van der Waals surface area contributed by atoms with E-state index in [0.717, 1.165) is 37.6 Å². The molecule has 0 radical (unpaired) electrons. The van der Waals surface area contributed by atoms with Gasteiger partial charge in [0.2, 0.25) is 0 Å². The molecule has 2 aromatic rings. The van der Waals surface area contributed by atoms with Crippen LogP contribution in [-0.4, -0.2) is 26.3 Å². The third kappa shape index (κ3) is 2.96. The van der Waals surface area contributed by atoms with Crippen molar-refractivity contribution in [3.05, 3.63) is 48.4 Å². The van der Waals surface area contributed by atoms with Crippen LogP contribution < -0.4 is 10.2 Å². The van der Waals surface area contributed by atoms with E-state index in [-0.39, 0.29) is 6.04 Å². The van der Waals surface area contributed by atoms with E-state index >= 15 is 0 Å². The van der Waals surface area contributed by atoms with Crippen molar-refractivity contribution in [1.82, 2.24) is 0 Å². The number of hydrogen-bond donors (Lipinski definition) is 1. The normalized spacial score (nSPS) is 16.9. The summed E-state index contributed by atoms with van der Waals surface area (Å²) in [7, 11) is 0. The molecule has 1 aliphatic rings. The van der Waals surface area contributed by atoms with Crippen LogP contribution in [0.5, 0.6) is 0 Å². The monoisotopic (exact) mass is 272 g/mol. The minimum atomic E-state index is 0.239. The summed E-state index contributed by atoms with van der Waals surface area (Å²) in [5, 5.41) is 3.47. The second-order valence-corrected chi connectivity index (χ2v) is 5.07. The highest BCUT2D eigenvalue weighted by molar-refractivity contribution is 5.56. The van der Waals surface area contributed by atoms with Crippen LogP contribution in [0.2, 0.25) is 0 Å². The first-order valence-electron chi connectivity index (χ1n) is 7.04. The summed E-state index contributed by atoms with van der Waals surface area (Å²) in [6.45, 7) is 5.70. The molecule has 1 aliphatic heterocycles. The highest BCUT2D eigenvalue weighted by atomic mass is 16.5. The maximum absolute atomic E-state index is 5.38.